The summed E-state index contributed by atoms with van der Waals surface area (Å²) >= 11 is 0. The monoisotopic (exact) mass is 258 g/mol. The Morgan fingerprint density at radius 1 is 1.11 bits per heavy atom. The molecule has 0 heterocycles. The Morgan fingerprint density at radius 3 is 2.17 bits per heavy atom. The SMILES string of the molecule is CCCCCCN(CCO)C(=O)C(N)(CC)CC. The van der Waals surface area contributed by atoms with Gasteiger partial charge in [0, 0.05) is 13.1 Å². The van der Waals surface area contributed by atoms with E-state index in [1.165, 1.54) is 12.8 Å². The van der Waals surface area contributed by atoms with Gasteiger partial charge in [-0.3, -0.25) is 4.79 Å². The molecule has 1 amide bonds. The minimum Gasteiger partial charge on any atom is -0.395 e. The minimum absolute atomic E-state index is 0.00300. The summed E-state index contributed by atoms with van der Waals surface area (Å²) in [7, 11) is 0. The fourth-order valence-electron chi connectivity index (χ4n) is 2.03. The van der Waals surface area contributed by atoms with Gasteiger partial charge in [-0.1, -0.05) is 40.0 Å². The van der Waals surface area contributed by atoms with Crippen molar-refractivity contribution in [3.05, 3.63) is 0 Å². The van der Waals surface area contributed by atoms with Crippen LogP contribution in [0.15, 0.2) is 0 Å². The molecule has 0 atom stereocenters. The summed E-state index contributed by atoms with van der Waals surface area (Å²) in [4.78, 5) is 14.1. The predicted molar refractivity (Wildman–Crippen MR) is 75.3 cm³/mol. The Morgan fingerprint density at radius 2 is 1.72 bits per heavy atom. The van der Waals surface area contributed by atoms with Crippen LogP contribution in [0.3, 0.4) is 0 Å². The van der Waals surface area contributed by atoms with E-state index in [4.69, 9.17) is 10.8 Å². The van der Waals surface area contributed by atoms with E-state index >= 15 is 0 Å². The average Bonchev–Trinajstić information content (AvgIpc) is 2.40. The van der Waals surface area contributed by atoms with Gasteiger partial charge in [0.05, 0.1) is 12.1 Å². The maximum Gasteiger partial charge on any atom is 0.242 e. The summed E-state index contributed by atoms with van der Waals surface area (Å²) in [6, 6.07) is 0. The highest BCUT2D eigenvalue weighted by Crippen LogP contribution is 2.16. The first kappa shape index (κ1) is 17.4. The molecule has 0 radical (unpaired) electrons. The van der Waals surface area contributed by atoms with Crippen LogP contribution in [0.5, 0.6) is 0 Å². The molecule has 0 bridgehead atoms. The van der Waals surface area contributed by atoms with E-state index in [0.717, 1.165) is 12.8 Å². The molecule has 0 unspecified atom stereocenters. The van der Waals surface area contributed by atoms with Crippen molar-refractivity contribution in [2.24, 2.45) is 5.73 Å². The largest absolute Gasteiger partial charge is 0.395 e. The third-order valence-corrected chi connectivity index (χ3v) is 3.63. The maximum atomic E-state index is 12.4. The summed E-state index contributed by atoms with van der Waals surface area (Å²) < 4.78 is 0. The highest BCUT2D eigenvalue weighted by molar-refractivity contribution is 5.86. The van der Waals surface area contributed by atoms with Crippen LogP contribution >= 0.6 is 0 Å². The molecule has 3 N–H and O–H groups in total. The lowest BCUT2D eigenvalue weighted by molar-refractivity contribution is -0.138. The smallest absolute Gasteiger partial charge is 0.242 e. The number of aliphatic hydroxyl groups excluding tert-OH is 1. The van der Waals surface area contributed by atoms with Crippen LogP contribution in [0.1, 0.15) is 59.3 Å². The van der Waals surface area contributed by atoms with E-state index < -0.39 is 5.54 Å². The van der Waals surface area contributed by atoms with E-state index in [-0.39, 0.29) is 12.5 Å². The molecule has 0 aliphatic carbocycles. The third kappa shape index (κ3) is 5.36. The molecule has 0 aliphatic rings. The van der Waals surface area contributed by atoms with Crippen molar-refractivity contribution in [2.45, 2.75) is 64.8 Å². The lowest BCUT2D eigenvalue weighted by Crippen LogP contribution is -2.55. The fraction of sp³-hybridized carbons (Fsp3) is 0.929. The first-order valence-corrected chi connectivity index (χ1v) is 7.24. The van der Waals surface area contributed by atoms with Crippen molar-refractivity contribution in [1.82, 2.24) is 4.90 Å². The van der Waals surface area contributed by atoms with Gasteiger partial charge < -0.3 is 15.7 Å². The number of nitrogens with zero attached hydrogens (tertiary/aromatic N) is 1. The summed E-state index contributed by atoms with van der Waals surface area (Å²) in [6.07, 6.45) is 5.76. The van der Waals surface area contributed by atoms with Crippen LogP contribution in [-0.2, 0) is 4.79 Å². The number of amides is 1. The predicted octanol–water partition coefficient (Wildman–Crippen LogP) is 1.91. The third-order valence-electron chi connectivity index (χ3n) is 3.63. The molecule has 0 rings (SSSR count). The summed E-state index contributed by atoms with van der Waals surface area (Å²) in [5.74, 6) is -0.0157. The van der Waals surface area contributed by atoms with E-state index in [1.54, 1.807) is 4.90 Å². The number of rotatable bonds is 10. The quantitative estimate of drug-likeness (QED) is 0.588. The van der Waals surface area contributed by atoms with Crippen LogP contribution in [-0.4, -0.2) is 41.1 Å². The fourth-order valence-corrected chi connectivity index (χ4v) is 2.03. The van der Waals surface area contributed by atoms with E-state index in [1.807, 2.05) is 13.8 Å². The molecule has 0 aliphatic heterocycles. The zero-order valence-electron chi connectivity index (χ0n) is 12.2. The number of aliphatic hydroxyl groups is 1. The Hall–Kier alpha value is -0.610. The van der Waals surface area contributed by atoms with Crippen molar-refractivity contribution < 1.29 is 9.90 Å². The molecular formula is C14H30N2O2. The molecule has 18 heavy (non-hydrogen) atoms. The standard InChI is InChI=1S/C14H30N2O2/c1-4-7-8-9-10-16(11-12-17)13(18)14(15,5-2)6-3/h17H,4-12,15H2,1-3H3. The number of unbranched alkanes of at least 4 members (excludes halogenated alkanes) is 3. The number of hydrogen-bond donors (Lipinski definition) is 2. The van der Waals surface area contributed by atoms with Crippen molar-refractivity contribution in [2.75, 3.05) is 19.7 Å². The lowest BCUT2D eigenvalue weighted by atomic mass is 9.92. The number of nitrogens with two attached hydrogens (primary N) is 1. The Kier molecular flexibility index (Phi) is 9.02. The van der Waals surface area contributed by atoms with Gasteiger partial charge in [-0.2, -0.15) is 0 Å². The van der Waals surface area contributed by atoms with Crippen LogP contribution in [0.4, 0.5) is 0 Å². The molecular weight excluding hydrogens is 228 g/mol. The van der Waals surface area contributed by atoms with Crippen molar-refractivity contribution in [1.29, 1.82) is 0 Å². The molecule has 0 saturated heterocycles. The molecule has 0 fully saturated rings. The van der Waals surface area contributed by atoms with Crippen LogP contribution in [0, 0.1) is 0 Å². The highest BCUT2D eigenvalue weighted by Gasteiger charge is 2.33. The molecule has 4 heteroatoms. The Bertz CT molecular complexity index is 228. The average molecular weight is 258 g/mol. The molecule has 0 aromatic heterocycles. The van der Waals surface area contributed by atoms with Gasteiger partial charge >= 0.3 is 0 Å². The van der Waals surface area contributed by atoms with Crippen LogP contribution in [0.2, 0.25) is 0 Å². The molecule has 108 valence electrons. The van der Waals surface area contributed by atoms with Crippen LogP contribution in [0.25, 0.3) is 0 Å². The van der Waals surface area contributed by atoms with E-state index in [0.29, 0.717) is 25.9 Å². The zero-order chi connectivity index (χ0) is 14.0. The first-order valence-electron chi connectivity index (χ1n) is 7.24. The topological polar surface area (TPSA) is 66.6 Å². The van der Waals surface area contributed by atoms with E-state index in [9.17, 15) is 4.79 Å². The van der Waals surface area contributed by atoms with Gasteiger partial charge in [0.25, 0.3) is 0 Å². The van der Waals surface area contributed by atoms with Gasteiger partial charge in [-0.05, 0) is 19.3 Å². The van der Waals surface area contributed by atoms with E-state index in [2.05, 4.69) is 6.92 Å². The number of carbonyl (C=O) groups is 1. The zero-order valence-corrected chi connectivity index (χ0v) is 12.2. The molecule has 0 saturated carbocycles. The van der Waals surface area contributed by atoms with Gasteiger partial charge in [0.15, 0.2) is 0 Å². The van der Waals surface area contributed by atoms with Crippen LogP contribution < -0.4 is 5.73 Å². The summed E-state index contributed by atoms with van der Waals surface area (Å²) in [5.41, 5.74) is 5.36. The second kappa shape index (κ2) is 9.34. The minimum atomic E-state index is -0.764. The molecule has 0 aromatic rings. The summed E-state index contributed by atoms with van der Waals surface area (Å²) in [6.45, 7) is 7.15. The van der Waals surface area contributed by atoms with Crippen molar-refractivity contribution in [3.63, 3.8) is 0 Å². The number of carbonyl (C=O) groups excluding carboxylic acids is 1. The highest BCUT2D eigenvalue weighted by atomic mass is 16.3. The molecule has 4 nitrogen and oxygen atoms in total. The van der Waals surface area contributed by atoms with Crippen molar-refractivity contribution in [3.8, 4) is 0 Å². The van der Waals surface area contributed by atoms with Gasteiger partial charge in [-0.15, -0.1) is 0 Å². The van der Waals surface area contributed by atoms with Gasteiger partial charge in [0.2, 0.25) is 5.91 Å². The Balaban J connectivity index is 4.43. The second-order valence-corrected chi connectivity index (χ2v) is 4.94. The molecule has 0 spiro atoms. The molecule has 0 aromatic carbocycles. The van der Waals surface area contributed by atoms with Gasteiger partial charge in [0.1, 0.15) is 0 Å². The summed E-state index contributed by atoms with van der Waals surface area (Å²) in [5, 5.41) is 9.06. The van der Waals surface area contributed by atoms with Gasteiger partial charge in [-0.25, -0.2) is 0 Å². The van der Waals surface area contributed by atoms with Crippen molar-refractivity contribution >= 4 is 5.91 Å². The first-order chi connectivity index (χ1) is 8.55. The lowest BCUT2D eigenvalue weighted by Gasteiger charge is -2.33. The maximum absolute atomic E-state index is 12.4. The Labute approximate surface area is 112 Å². The normalized spacial score (nSPS) is 11.6. The second-order valence-electron chi connectivity index (χ2n) is 4.94. The number of hydrogen-bond acceptors (Lipinski definition) is 3.